The Morgan fingerprint density at radius 2 is 2.31 bits per heavy atom. The molecule has 0 spiro atoms. The van der Waals surface area contributed by atoms with E-state index >= 15 is 0 Å². The zero-order valence-electron chi connectivity index (χ0n) is 9.44. The van der Waals surface area contributed by atoms with Crippen LogP contribution in [0.15, 0.2) is 15.2 Å². The van der Waals surface area contributed by atoms with Crippen LogP contribution in [0.4, 0.5) is 0 Å². The molecule has 0 atom stereocenters. The summed E-state index contributed by atoms with van der Waals surface area (Å²) in [4.78, 5) is 12.7. The van der Waals surface area contributed by atoms with Crippen molar-refractivity contribution < 1.29 is 9.90 Å². The fourth-order valence-corrected chi connectivity index (χ4v) is 2.78. The van der Waals surface area contributed by atoms with Gasteiger partial charge in [0.25, 0.3) is 0 Å². The number of carboxylic acid groups (broad SMARTS) is 1. The first-order valence-corrected chi connectivity index (χ1v) is 6.81. The van der Waals surface area contributed by atoms with Gasteiger partial charge in [0.2, 0.25) is 0 Å². The molecule has 1 rings (SSSR count). The Bertz CT molecular complexity index is 352. The second-order valence-corrected chi connectivity index (χ2v) is 6.51. The molecule has 0 bridgehead atoms. The number of hydrogen-bond acceptors (Lipinski definition) is 3. The third-order valence-electron chi connectivity index (χ3n) is 2.01. The molecule has 16 heavy (non-hydrogen) atoms. The maximum Gasteiger partial charge on any atom is 0.317 e. The molecule has 90 valence electrons. The van der Waals surface area contributed by atoms with Crippen LogP contribution in [0.3, 0.4) is 0 Å². The Kier molecular flexibility index (Phi) is 5.44. The summed E-state index contributed by atoms with van der Waals surface area (Å²) in [5.74, 6) is -0.295. The highest BCUT2D eigenvalue weighted by molar-refractivity contribution is 9.11. The molecule has 0 fully saturated rings. The number of carboxylic acids is 1. The van der Waals surface area contributed by atoms with Crippen molar-refractivity contribution >= 4 is 33.2 Å². The summed E-state index contributed by atoms with van der Waals surface area (Å²) in [6.45, 7) is 5.80. The molecule has 1 aromatic rings. The van der Waals surface area contributed by atoms with Crippen molar-refractivity contribution in [3.8, 4) is 0 Å². The highest BCUT2D eigenvalue weighted by Gasteiger charge is 2.12. The number of thiophene rings is 1. The molecule has 0 radical (unpaired) electrons. The van der Waals surface area contributed by atoms with Crippen LogP contribution in [-0.4, -0.2) is 29.1 Å². The predicted octanol–water partition coefficient (Wildman–Crippen LogP) is 3.05. The second-order valence-electron chi connectivity index (χ2n) is 4.22. The minimum Gasteiger partial charge on any atom is -0.480 e. The number of nitrogens with zero attached hydrogens (tertiary/aromatic N) is 1. The van der Waals surface area contributed by atoms with Gasteiger partial charge in [0, 0.05) is 13.1 Å². The quantitative estimate of drug-likeness (QED) is 0.878. The van der Waals surface area contributed by atoms with E-state index in [9.17, 15) is 4.79 Å². The summed E-state index contributed by atoms with van der Waals surface area (Å²) in [5, 5.41) is 10.9. The summed E-state index contributed by atoms with van der Waals surface area (Å²) in [7, 11) is 0. The fraction of sp³-hybridized carbons (Fsp3) is 0.545. The molecule has 0 saturated heterocycles. The van der Waals surface area contributed by atoms with Gasteiger partial charge in [0.1, 0.15) is 0 Å². The molecule has 1 N–H and O–H groups in total. The molecule has 1 aromatic heterocycles. The summed E-state index contributed by atoms with van der Waals surface area (Å²) in [6, 6.07) is 2.04. The van der Waals surface area contributed by atoms with Gasteiger partial charge in [0.15, 0.2) is 0 Å². The van der Waals surface area contributed by atoms with Gasteiger partial charge in [-0.25, -0.2) is 0 Å². The highest BCUT2D eigenvalue weighted by atomic mass is 79.9. The van der Waals surface area contributed by atoms with Crippen molar-refractivity contribution in [2.24, 2.45) is 5.92 Å². The molecule has 1 heterocycles. The minimum atomic E-state index is -0.769. The van der Waals surface area contributed by atoms with Gasteiger partial charge in [-0.05, 0) is 38.9 Å². The molecule has 0 aliphatic rings. The van der Waals surface area contributed by atoms with E-state index in [4.69, 9.17) is 5.11 Å². The monoisotopic (exact) mass is 305 g/mol. The maximum atomic E-state index is 10.7. The van der Waals surface area contributed by atoms with Crippen molar-refractivity contribution in [3.63, 3.8) is 0 Å². The number of hydrogen-bond donors (Lipinski definition) is 1. The maximum absolute atomic E-state index is 10.7. The average molecular weight is 306 g/mol. The molecule has 0 saturated carbocycles. The van der Waals surface area contributed by atoms with E-state index in [0.717, 1.165) is 10.3 Å². The minimum absolute atomic E-state index is 0.103. The highest BCUT2D eigenvalue weighted by Crippen LogP contribution is 2.21. The Hall–Kier alpha value is -0.390. The zero-order chi connectivity index (χ0) is 12.1. The van der Waals surface area contributed by atoms with Gasteiger partial charge in [-0.1, -0.05) is 13.8 Å². The van der Waals surface area contributed by atoms with E-state index in [1.165, 1.54) is 5.56 Å². The first kappa shape index (κ1) is 13.7. The second kappa shape index (κ2) is 6.37. The molecule has 3 nitrogen and oxygen atoms in total. The Morgan fingerprint density at radius 3 is 2.75 bits per heavy atom. The molecule has 0 aliphatic heterocycles. The summed E-state index contributed by atoms with van der Waals surface area (Å²) < 4.78 is 1.09. The summed E-state index contributed by atoms with van der Waals surface area (Å²) >= 11 is 5.03. The lowest BCUT2D eigenvalue weighted by molar-refractivity contribution is -0.138. The van der Waals surface area contributed by atoms with Crippen LogP contribution in [-0.2, 0) is 11.3 Å². The summed E-state index contributed by atoms with van der Waals surface area (Å²) in [6.07, 6.45) is 0. The van der Waals surface area contributed by atoms with Crippen LogP contribution in [0.1, 0.15) is 19.4 Å². The molecule has 0 aromatic carbocycles. The van der Waals surface area contributed by atoms with Gasteiger partial charge in [-0.3, -0.25) is 9.69 Å². The third kappa shape index (κ3) is 5.09. The number of halogens is 1. The Morgan fingerprint density at radius 1 is 1.62 bits per heavy atom. The van der Waals surface area contributed by atoms with Crippen molar-refractivity contribution in [2.45, 2.75) is 20.4 Å². The van der Waals surface area contributed by atoms with Crippen LogP contribution in [0, 0.1) is 5.92 Å². The first-order chi connectivity index (χ1) is 7.47. The predicted molar refractivity (Wildman–Crippen MR) is 69.8 cm³/mol. The SMILES string of the molecule is CC(C)CN(CC(=O)O)Cc1csc(Br)c1. The standard InChI is InChI=1S/C11H16BrNO2S/c1-8(2)4-13(6-11(14)15)5-9-3-10(12)16-7-9/h3,7-8H,4-6H2,1-2H3,(H,14,15). The van der Waals surface area contributed by atoms with E-state index in [-0.39, 0.29) is 6.54 Å². The van der Waals surface area contributed by atoms with Crippen LogP contribution in [0.5, 0.6) is 0 Å². The van der Waals surface area contributed by atoms with Crippen molar-refractivity contribution in [3.05, 3.63) is 20.8 Å². The number of rotatable bonds is 6. The zero-order valence-corrected chi connectivity index (χ0v) is 11.8. The Balaban J connectivity index is 2.58. The third-order valence-corrected chi connectivity index (χ3v) is 3.56. The van der Waals surface area contributed by atoms with E-state index in [1.807, 2.05) is 11.0 Å². The van der Waals surface area contributed by atoms with Crippen LogP contribution in [0.25, 0.3) is 0 Å². The van der Waals surface area contributed by atoms with Gasteiger partial charge < -0.3 is 5.11 Å². The van der Waals surface area contributed by atoms with Gasteiger partial charge in [-0.2, -0.15) is 0 Å². The lowest BCUT2D eigenvalue weighted by Gasteiger charge is -2.21. The molecule has 0 amide bonds. The average Bonchev–Trinajstić information content (AvgIpc) is 2.48. The molecule has 0 unspecified atom stereocenters. The van der Waals surface area contributed by atoms with E-state index < -0.39 is 5.97 Å². The fourth-order valence-electron chi connectivity index (χ4n) is 1.58. The van der Waals surface area contributed by atoms with E-state index in [1.54, 1.807) is 11.3 Å². The smallest absolute Gasteiger partial charge is 0.317 e. The number of carbonyl (C=O) groups is 1. The molecule has 0 aliphatic carbocycles. The summed E-state index contributed by atoms with van der Waals surface area (Å²) in [5.41, 5.74) is 1.17. The van der Waals surface area contributed by atoms with Gasteiger partial charge in [-0.15, -0.1) is 11.3 Å². The molecular formula is C11H16BrNO2S. The van der Waals surface area contributed by atoms with E-state index in [2.05, 4.69) is 35.2 Å². The Labute approximate surface area is 108 Å². The van der Waals surface area contributed by atoms with Crippen LogP contribution in [0.2, 0.25) is 0 Å². The van der Waals surface area contributed by atoms with Crippen molar-refractivity contribution in [1.82, 2.24) is 4.90 Å². The topological polar surface area (TPSA) is 40.5 Å². The largest absolute Gasteiger partial charge is 0.480 e. The first-order valence-electron chi connectivity index (χ1n) is 5.14. The van der Waals surface area contributed by atoms with Crippen LogP contribution < -0.4 is 0 Å². The molecular weight excluding hydrogens is 290 g/mol. The lowest BCUT2D eigenvalue weighted by Crippen LogP contribution is -2.32. The van der Waals surface area contributed by atoms with Crippen molar-refractivity contribution in [2.75, 3.05) is 13.1 Å². The normalized spacial score (nSPS) is 11.3. The van der Waals surface area contributed by atoms with Gasteiger partial charge in [0.05, 0.1) is 10.3 Å². The number of aliphatic carboxylic acids is 1. The molecule has 5 heteroatoms. The van der Waals surface area contributed by atoms with Crippen LogP contribution >= 0.6 is 27.3 Å². The van der Waals surface area contributed by atoms with Crippen molar-refractivity contribution in [1.29, 1.82) is 0 Å². The van der Waals surface area contributed by atoms with Gasteiger partial charge >= 0.3 is 5.97 Å². The lowest BCUT2D eigenvalue weighted by atomic mass is 10.2. The van der Waals surface area contributed by atoms with E-state index in [0.29, 0.717) is 12.5 Å².